The second-order valence-corrected chi connectivity index (χ2v) is 4.81. The normalized spacial score (nSPS) is 12.7. The van der Waals surface area contributed by atoms with E-state index >= 15 is 0 Å². The monoisotopic (exact) mass is 261 g/mol. The third-order valence-corrected chi connectivity index (χ3v) is 3.22. The van der Waals surface area contributed by atoms with Crippen LogP contribution in [0.1, 0.15) is 35.5 Å². The van der Waals surface area contributed by atoms with E-state index in [1.807, 2.05) is 37.7 Å². The fourth-order valence-corrected chi connectivity index (χ4v) is 2.47. The summed E-state index contributed by atoms with van der Waals surface area (Å²) < 4.78 is 15.5. The van der Waals surface area contributed by atoms with Crippen LogP contribution in [0.25, 0.3) is 0 Å². The number of aromatic nitrogens is 2. The lowest BCUT2D eigenvalue weighted by Gasteiger charge is -2.18. The van der Waals surface area contributed by atoms with Gasteiger partial charge < -0.3 is 5.32 Å². The summed E-state index contributed by atoms with van der Waals surface area (Å²) in [5.41, 5.74) is 3.89. The minimum absolute atomic E-state index is 0.0458. The minimum atomic E-state index is -0.200. The average Bonchev–Trinajstić information content (AvgIpc) is 2.70. The van der Waals surface area contributed by atoms with E-state index < -0.39 is 0 Å². The van der Waals surface area contributed by atoms with Gasteiger partial charge in [0.2, 0.25) is 0 Å². The molecule has 0 saturated heterocycles. The van der Waals surface area contributed by atoms with Crippen molar-refractivity contribution >= 4 is 0 Å². The van der Waals surface area contributed by atoms with Crippen molar-refractivity contribution in [2.45, 2.75) is 33.4 Å². The van der Waals surface area contributed by atoms with Gasteiger partial charge in [0.15, 0.2) is 0 Å². The number of rotatable bonds is 4. The van der Waals surface area contributed by atoms with E-state index in [0.29, 0.717) is 0 Å². The lowest BCUT2D eigenvalue weighted by atomic mass is 10.0. The molecule has 3 nitrogen and oxygen atoms in total. The number of hydrogen-bond donors (Lipinski definition) is 1. The largest absolute Gasteiger partial charge is 0.308 e. The molecule has 1 aromatic heterocycles. The zero-order chi connectivity index (χ0) is 14.0. The highest BCUT2D eigenvalue weighted by Gasteiger charge is 2.18. The summed E-state index contributed by atoms with van der Waals surface area (Å²) in [6, 6.07) is 7.13. The molecule has 1 aromatic carbocycles. The number of nitrogens with one attached hydrogen (secondary N) is 1. The Balaban J connectivity index is 2.49. The summed E-state index contributed by atoms with van der Waals surface area (Å²) in [5, 5.41) is 7.70. The van der Waals surface area contributed by atoms with Crippen molar-refractivity contribution in [1.29, 1.82) is 0 Å². The highest BCUT2D eigenvalue weighted by atomic mass is 19.1. The summed E-state index contributed by atoms with van der Waals surface area (Å²) in [6.45, 7) is 6.73. The van der Waals surface area contributed by atoms with Crippen molar-refractivity contribution in [2.24, 2.45) is 0 Å². The molecule has 19 heavy (non-hydrogen) atoms. The lowest BCUT2D eigenvalue weighted by molar-refractivity contribution is 0.556. The number of hydrogen-bond acceptors (Lipinski definition) is 2. The Morgan fingerprint density at radius 2 is 2.00 bits per heavy atom. The zero-order valence-electron chi connectivity index (χ0n) is 11.9. The quantitative estimate of drug-likeness (QED) is 0.917. The third-order valence-electron chi connectivity index (χ3n) is 3.22. The molecular formula is C15H20FN3. The summed E-state index contributed by atoms with van der Waals surface area (Å²) >= 11 is 0. The van der Waals surface area contributed by atoms with Gasteiger partial charge >= 0.3 is 0 Å². The molecule has 0 bridgehead atoms. The second-order valence-electron chi connectivity index (χ2n) is 4.81. The van der Waals surface area contributed by atoms with Gasteiger partial charge in [0, 0.05) is 6.54 Å². The Morgan fingerprint density at radius 3 is 2.58 bits per heavy atom. The fourth-order valence-electron chi connectivity index (χ4n) is 2.47. The molecule has 0 aliphatic carbocycles. The van der Waals surface area contributed by atoms with Crippen molar-refractivity contribution in [3.05, 3.63) is 52.6 Å². The topological polar surface area (TPSA) is 29.9 Å². The van der Waals surface area contributed by atoms with E-state index in [1.165, 1.54) is 0 Å². The van der Waals surface area contributed by atoms with E-state index in [9.17, 15) is 4.39 Å². The summed E-state index contributed by atoms with van der Waals surface area (Å²) in [5.74, 6) is -0.200. The Bertz CT molecular complexity index is 555. The van der Waals surface area contributed by atoms with Crippen molar-refractivity contribution in [3.8, 4) is 0 Å². The molecule has 0 saturated carbocycles. The van der Waals surface area contributed by atoms with Crippen molar-refractivity contribution < 1.29 is 4.39 Å². The van der Waals surface area contributed by atoms with Gasteiger partial charge in [-0.15, -0.1) is 0 Å². The Hall–Kier alpha value is -1.68. The first-order valence-corrected chi connectivity index (χ1v) is 6.53. The number of nitrogens with zero attached hydrogens (tertiary/aromatic N) is 2. The van der Waals surface area contributed by atoms with E-state index in [4.69, 9.17) is 0 Å². The molecule has 0 radical (unpaired) electrons. The van der Waals surface area contributed by atoms with Gasteiger partial charge in [0.1, 0.15) is 5.82 Å². The van der Waals surface area contributed by atoms with Gasteiger partial charge in [-0.2, -0.15) is 5.10 Å². The lowest BCUT2D eigenvalue weighted by Crippen LogP contribution is -2.21. The van der Waals surface area contributed by atoms with Crippen LogP contribution in [0.15, 0.2) is 24.3 Å². The molecule has 0 aliphatic heterocycles. The Labute approximate surface area is 113 Å². The van der Waals surface area contributed by atoms with Gasteiger partial charge in [-0.25, -0.2) is 4.39 Å². The third kappa shape index (κ3) is 2.84. The fraction of sp³-hybridized carbons (Fsp3) is 0.400. The first-order chi connectivity index (χ1) is 9.05. The van der Waals surface area contributed by atoms with Crippen LogP contribution < -0.4 is 5.32 Å². The Morgan fingerprint density at radius 1 is 1.26 bits per heavy atom. The summed E-state index contributed by atoms with van der Waals surface area (Å²) in [4.78, 5) is 0. The van der Waals surface area contributed by atoms with Gasteiger partial charge in [-0.1, -0.05) is 6.07 Å². The molecule has 4 heteroatoms. The van der Waals surface area contributed by atoms with E-state index in [-0.39, 0.29) is 11.9 Å². The molecule has 1 unspecified atom stereocenters. The van der Waals surface area contributed by atoms with Crippen LogP contribution >= 0.6 is 0 Å². The predicted octanol–water partition coefficient (Wildman–Crippen LogP) is 2.97. The van der Waals surface area contributed by atoms with Crippen LogP contribution in [0, 0.1) is 19.7 Å². The Kier molecular flexibility index (Phi) is 4.00. The molecule has 0 aliphatic rings. The highest BCUT2D eigenvalue weighted by Crippen LogP contribution is 2.24. The van der Waals surface area contributed by atoms with Gasteiger partial charge in [0.25, 0.3) is 0 Å². The number of aryl methyl sites for hydroxylation is 3. The van der Waals surface area contributed by atoms with E-state index in [0.717, 1.165) is 29.1 Å². The maximum atomic E-state index is 13.6. The van der Waals surface area contributed by atoms with Gasteiger partial charge in [-0.3, -0.25) is 4.68 Å². The molecule has 0 fully saturated rings. The molecule has 102 valence electrons. The first-order valence-electron chi connectivity index (χ1n) is 6.53. The standard InChI is InChI=1S/C15H20FN3/c1-5-19-14(8-11(3)18-19)15(17-4)12-6-10(2)7-13(16)9-12/h6-9,15,17H,5H2,1-4H3. The number of halogens is 1. The molecule has 2 aromatic rings. The van der Waals surface area contributed by atoms with Crippen LogP contribution in [0.4, 0.5) is 4.39 Å². The van der Waals surface area contributed by atoms with E-state index in [2.05, 4.69) is 17.3 Å². The smallest absolute Gasteiger partial charge is 0.123 e. The zero-order valence-corrected chi connectivity index (χ0v) is 11.9. The summed E-state index contributed by atoms with van der Waals surface area (Å²) in [6.07, 6.45) is 0. The SMILES string of the molecule is CCn1nc(C)cc1C(NC)c1cc(C)cc(F)c1. The van der Waals surface area contributed by atoms with Crippen molar-refractivity contribution in [1.82, 2.24) is 15.1 Å². The van der Waals surface area contributed by atoms with Gasteiger partial charge in [0.05, 0.1) is 17.4 Å². The van der Waals surface area contributed by atoms with Crippen LogP contribution in [0.2, 0.25) is 0 Å². The minimum Gasteiger partial charge on any atom is -0.308 e. The van der Waals surface area contributed by atoms with Crippen LogP contribution in [0.3, 0.4) is 0 Å². The van der Waals surface area contributed by atoms with Gasteiger partial charge in [-0.05, 0) is 57.1 Å². The molecule has 0 amide bonds. The first kappa shape index (κ1) is 13.7. The van der Waals surface area contributed by atoms with Crippen LogP contribution in [-0.2, 0) is 6.54 Å². The molecule has 2 rings (SSSR count). The van der Waals surface area contributed by atoms with Crippen molar-refractivity contribution in [3.63, 3.8) is 0 Å². The second kappa shape index (κ2) is 5.53. The van der Waals surface area contributed by atoms with Crippen LogP contribution in [0.5, 0.6) is 0 Å². The average molecular weight is 261 g/mol. The van der Waals surface area contributed by atoms with Crippen LogP contribution in [-0.4, -0.2) is 16.8 Å². The van der Waals surface area contributed by atoms with E-state index in [1.54, 1.807) is 12.1 Å². The molecule has 1 atom stereocenters. The maximum absolute atomic E-state index is 13.6. The van der Waals surface area contributed by atoms with Crippen molar-refractivity contribution in [2.75, 3.05) is 7.05 Å². The highest BCUT2D eigenvalue weighted by molar-refractivity contribution is 5.32. The molecule has 0 spiro atoms. The molecule has 1 heterocycles. The maximum Gasteiger partial charge on any atom is 0.123 e. The molecular weight excluding hydrogens is 241 g/mol. The summed E-state index contributed by atoms with van der Waals surface area (Å²) in [7, 11) is 1.88. The number of benzene rings is 1. The predicted molar refractivity (Wildman–Crippen MR) is 74.7 cm³/mol. The molecule has 1 N–H and O–H groups in total.